The monoisotopic (exact) mass is 187 g/mol. The molecule has 69 valence electrons. The number of hydrogen-bond acceptors (Lipinski definition) is 1. The van der Waals surface area contributed by atoms with Crippen molar-refractivity contribution in [2.75, 3.05) is 0 Å². The molecule has 0 spiro atoms. The molecule has 1 radical (unpaired) electrons. The fraction of sp³-hybridized carbons (Fsp3) is 0.111. The third-order valence-electron chi connectivity index (χ3n) is 1.53. The van der Waals surface area contributed by atoms with Crippen LogP contribution in [0.2, 0.25) is 0 Å². The van der Waals surface area contributed by atoms with Crippen LogP contribution in [0.5, 0.6) is 0 Å². The van der Waals surface area contributed by atoms with Crippen LogP contribution in [-0.4, -0.2) is 5.78 Å². The second-order valence-corrected chi connectivity index (χ2v) is 2.47. The van der Waals surface area contributed by atoms with Crippen molar-refractivity contribution in [1.29, 1.82) is 0 Å². The van der Waals surface area contributed by atoms with E-state index in [9.17, 15) is 18.0 Å². The molecule has 0 saturated heterocycles. The summed E-state index contributed by atoms with van der Waals surface area (Å²) >= 11 is 0. The first-order chi connectivity index (χ1) is 5.93. The Labute approximate surface area is 73.2 Å². The van der Waals surface area contributed by atoms with Gasteiger partial charge < -0.3 is 0 Å². The third-order valence-corrected chi connectivity index (χ3v) is 1.53. The summed E-state index contributed by atoms with van der Waals surface area (Å²) in [4.78, 5) is 10.7. The van der Waals surface area contributed by atoms with Crippen molar-refractivity contribution in [1.82, 2.24) is 0 Å². The summed E-state index contributed by atoms with van der Waals surface area (Å²) in [6, 6.07) is 4.57. The molecule has 13 heavy (non-hydrogen) atoms. The topological polar surface area (TPSA) is 17.1 Å². The first kappa shape index (κ1) is 9.77. The third kappa shape index (κ3) is 2.08. The van der Waals surface area contributed by atoms with Gasteiger partial charge in [0.25, 0.3) is 0 Å². The number of rotatable bonds is 1. The highest BCUT2D eigenvalue weighted by Gasteiger charge is 2.33. The molecule has 0 aliphatic heterocycles. The molecule has 1 aromatic carbocycles. The lowest BCUT2D eigenvalue weighted by Crippen LogP contribution is -2.11. The van der Waals surface area contributed by atoms with E-state index in [1.165, 1.54) is 12.1 Å². The van der Waals surface area contributed by atoms with Crippen LogP contribution < -0.4 is 0 Å². The van der Waals surface area contributed by atoms with E-state index in [1.807, 2.05) is 0 Å². The first-order valence-electron chi connectivity index (χ1n) is 3.45. The molecule has 0 atom stereocenters. The van der Waals surface area contributed by atoms with Crippen molar-refractivity contribution in [3.05, 3.63) is 42.3 Å². The molecule has 1 aromatic rings. The van der Waals surface area contributed by atoms with Crippen LogP contribution >= 0.6 is 0 Å². The Bertz CT molecular complexity index is 328. The van der Waals surface area contributed by atoms with Gasteiger partial charge in [-0.3, -0.25) is 4.79 Å². The molecule has 0 bridgehead atoms. The van der Waals surface area contributed by atoms with Gasteiger partial charge in [0, 0.05) is 12.5 Å². The highest BCUT2D eigenvalue weighted by atomic mass is 19.4. The Balaban J connectivity index is 3.28. The van der Waals surface area contributed by atoms with Gasteiger partial charge in [-0.15, -0.1) is 0 Å². The van der Waals surface area contributed by atoms with Crippen molar-refractivity contribution >= 4 is 5.78 Å². The summed E-state index contributed by atoms with van der Waals surface area (Å²) < 4.78 is 36.7. The summed E-state index contributed by atoms with van der Waals surface area (Å²) in [7, 11) is 0. The molecule has 0 N–H and O–H groups in total. The maximum atomic E-state index is 12.2. The predicted octanol–water partition coefficient (Wildman–Crippen LogP) is 2.72. The molecule has 0 unspecified atom stereocenters. The van der Waals surface area contributed by atoms with E-state index in [2.05, 4.69) is 6.92 Å². The summed E-state index contributed by atoms with van der Waals surface area (Å²) in [5, 5.41) is 0. The molecule has 0 aliphatic rings. The van der Waals surface area contributed by atoms with E-state index >= 15 is 0 Å². The van der Waals surface area contributed by atoms with Gasteiger partial charge in [0.2, 0.25) is 0 Å². The molecule has 0 aromatic heterocycles. The molecule has 0 saturated carbocycles. The normalized spacial score (nSPS) is 11.4. The Morgan fingerprint density at radius 2 is 1.77 bits per heavy atom. The molecule has 0 aliphatic carbocycles. The van der Waals surface area contributed by atoms with Crippen LogP contribution in [0.1, 0.15) is 15.9 Å². The zero-order valence-electron chi connectivity index (χ0n) is 6.56. The molecule has 0 fully saturated rings. The average Bonchev–Trinajstić information content (AvgIpc) is 2.03. The maximum Gasteiger partial charge on any atom is 0.417 e. The Morgan fingerprint density at radius 3 is 2.15 bits per heavy atom. The number of benzene rings is 1. The number of carbonyl (C=O) groups is 1. The molecule has 0 amide bonds. The number of alkyl halides is 3. The van der Waals surface area contributed by atoms with Crippen molar-refractivity contribution in [2.24, 2.45) is 0 Å². The molecular weight excluding hydrogens is 181 g/mol. The van der Waals surface area contributed by atoms with Crippen LogP contribution in [0, 0.1) is 6.92 Å². The zero-order chi connectivity index (χ0) is 10.1. The zero-order valence-corrected chi connectivity index (χ0v) is 6.56. The minimum Gasteiger partial charge on any atom is -0.294 e. The second-order valence-electron chi connectivity index (χ2n) is 2.47. The smallest absolute Gasteiger partial charge is 0.294 e. The minimum atomic E-state index is -4.50. The van der Waals surface area contributed by atoms with Crippen molar-refractivity contribution < 1.29 is 18.0 Å². The Kier molecular flexibility index (Phi) is 2.40. The van der Waals surface area contributed by atoms with Gasteiger partial charge >= 0.3 is 6.18 Å². The van der Waals surface area contributed by atoms with Gasteiger partial charge in [0.05, 0.1) is 5.56 Å². The van der Waals surface area contributed by atoms with Gasteiger partial charge in [-0.05, 0) is 6.07 Å². The highest BCUT2D eigenvalue weighted by molar-refractivity contribution is 6.00. The number of halogens is 3. The number of carbonyl (C=O) groups excluding carboxylic acids is 1. The first-order valence-corrected chi connectivity index (χ1v) is 3.45. The SMILES string of the molecule is [CH2]C(=O)c1ccccc1C(F)(F)F. The van der Waals surface area contributed by atoms with Crippen molar-refractivity contribution in [3.8, 4) is 0 Å². The van der Waals surface area contributed by atoms with Crippen LogP contribution in [0.4, 0.5) is 13.2 Å². The van der Waals surface area contributed by atoms with E-state index < -0.39 is 23.1 Å². The maximum absolute atomic E-state index is 12.2. The fourth-order valence-electron chi connectivity index (χ4n) is 0.973. The quantitative estimate of drug-likeness (QED) is 0.618. The summed E-state index contributed by atoms with van der Waals surface area (Å²) in [5.41, 5.74) is -1.33. The van der Waals surface area contributed by atoms with Crippen molar-refractivity contribution in [2.45, 2.75) is 6.18 Å². The van der Waals surface area contributed by atoms with Gasteiger partial charge in [-0.25, -0.2) is 0 Å². The van der Waals surface area contributed by atoms with E-state index in [0.29, 0.717) is 0 Å². The van der Waals surface area contributed by atoms with E-state index in [1.54, 1.807) is 0 Å². The summed E-state index contributed by atoms with van der Waals surface area (Å²) in [6.07, 6.45) is -4.50. The summed E-state index contributed by atoms with van der Waals surface area (Å²) in [6.45, 7) is 2.94. The minimum absolute atomic E-state index is 0.394. The molecule has 0 heterocycles. The van der Waals surface area contributed by atoms with Gasteiger partial charge in [0.1, 0.15) is 0 Å². The lowest BCUT2D eigenvalue weighted by atomic mass is 10.0. The number of hydrogen-bond donors (Lipinski definition) is 0. The molecule has 4 heteroatoms. The van der Waals surface area contributed by atoms with E-state index in [0.717, 1.165) is 12.1 Å². The predicted molar refractivity (Wildman–Crippen MR) is 41.1 cm³/mol. The lowest BCUT2D eigenvalue weighted by molar-refractivity contribution is -0.137. The van der Waals surface area contributed by atoms with Crippen LogP contribution in [0.25, 0.3) is 0 Å². The van der Waals surface area contributed by atoms with Crippen LogP contribution in [0.15, 0.2) is 24.3 Å². The molecular formula is C9H6F3O. The average molecular weight is 187 g/mol. The van der Waals surface area contributed by atoms with E-state index in [4.69, 9.17) is 0 Å². The molecule has 1 nitrogen and oxygen atoms in total. The second kappa shape index (κ2) is 3.20. The largest absolute Gasteiger partial charge is 0.417 e. The van der Waals surface area contributed by atoms with Gasteiger partial charge in [-0.2, -0.15) is 13.2 Å². The Hall–Kier alpha value is -1.32. The lowest BCUT2D eigenvalue weighted by Gasteiger charge is -2.09. The fourth-order valence-corrected chi connectivity index (χ4v) is 0.973. The Morgan fingerprint density at radius 1 is 1.23 bits per heavy atom. The summed E-state index contributed by atoms with van der Waals surface area (Å²) in [5.74, 6) is -0.826. The van der Waals surface area contributed by atoms with Crippen LogP contribution in [-0.2, 0) is 6.18 Å². The van der Waals surface area contributed by atoms with Gasteiger partial charge in [0.15, 0.2) is 5.78 Å². The van der Waals surface area contributed by atoms with Crippen LogP contribution in [0.3, 0.4) is 0 Å². The van der Waals surface area contributed by atoms with Crippen molar-refractivity contribution in [3.63, 3.8) is 0 Å². The standard InChI is InChI=1S/C9H6F3O/c1-6(13)7-4-2-3-5-8(7)9(10,11)12/h2-5H,1H2. The highest BCUT2D eigenvalue weighted by Crippen LogP contribution is 2.31. The number of Topliss-reactive ketones (excluding diaryl/α,β-unsaturated/α-hetero) is 1. The van der Waals surface area contributed by atoms with E-state index in [-0.39, 0.29) is 0 Å². The molecule has 1 rings (SSSR count). The van der Waals surface area contributed by atoms with Gasteiger partial charge in [-0.1, -0.05) is 18.2 Å². The number of ketones is 1.